The molecular formula is C12H23NO4S. The molecule has 0 radical (unpaired) electrons. The molecule has 0 bridgehead atoms. The first-order valence-corrected chi connectivity index (χ1v) is 7.36. The van der Waals surface area contributed by atoms with Crippen molar-refractivity contribution in [3.8, 4) is 0 Å². The molecule has 0 aliphatic heterocycles. The summed E-state index contributed by atoms with van der Waals surface area (Å²) >= 11 is 1.63. The fourth-order valence-corrected chi connectivity index (χ4v) is 1.75. The standard InChI is InChI=1S/C12H23NO4S/c1-9(16-3)5-7-17-12(15)11(6-8-18-4)13-10(2)14/h9,11H,5-8H2,1-4H3,(H,13,14)/t9?,11-/m0/s1. The third-order valence-electron chi connectivity index (χ3n) is 2.44. The molecule has 18 heavy (non-hydrogen) atoms. The number of hydrogen-bond donors (Lipinski definition) is 1. The van der Waals surface area contributed by atoms with Crippen molar-refractivity contribution >= 4 is 23.6 Å². The topological polar surface area (TPSA) is 64.6 Å². The number of amides is 1. The fourth-order valence-electron chi connectivity index (χ4n) is 1.27. The molecule has 2 atom stereocenters. The SMILES string of the molecule is COC(C)CCOC(=O)[C@H](CCSC)NC(C)=O. The van der Waals surface area contributed by atoms with Gasteiger partial charge in [0.05, 0.1) is 12.7 Å². The van der Waals surface area contributed by atoms with Crippen molar-refractivity contribution in [3.63, 3.8) is 0 Å². The van der Waals surface area contributed by atoms with E-state index in [2.05, 4.69) is 5.32 Å². The van der Waals surface area contributed by atoms with Gasteiger partial charge in [-0.25, -0.2) is 4.79 Å². The zero-order chi connectivity index (χ0) is 14.0. The summed E-state index contributed by atoms with van der Waals surface area (Å²) in [5.41, 5.74) is 0. The van der Waals surface area contributed by atoms with Crippen LogP contribution in [0.2, 0.25) is 0 Å². The van der Waals surface area contributed by atoms with Crippen LogP contribution in [-0.4, -0.2) is 49.7 Å². The van der Waals surface area contributed by atoms with Crippen LogP contribution in [0, 0.1) is 0 Å². The summed E-state index contributed by atoms with van der Waals surface area (Å²) in [7, 11) is 1.62. The largest absolute Gasteiger partial charge is 0.464 e. The molecule has 0 rings (SSSR count). The molecule has 0 aliphatic carbocycles. The van der Waals surface area contributed by atoms with Crippen LogP contribution in [0.5, 0.6) is 0 Å². The number of ether oxygens (including phenoxy) is 2. The van der Waals surface area contributed by atoms with Crippen LogP contribution in [-0.2, 0) is 19.1 Å². The van der Waals surface area contributed by atoms with Crippen molar-refractivity contribution in [1.82, 2.24) is 5.32 Å². The predicted octanol–water partition coefficient (Wildman–Crippen LogP) is 1.21. The van der Waals surface area contributed by atoms with E-state index in [0.717, 1.165) is 5.75 Å². The van der Waals surface area contributed by atoms with E-state index in [-0.39, 0.29) is 18.0 Å². The van der Waals surface area contributed by atoms with Crippen molar-refractivity contribution in [2.45, 2.75) is 38.8 Å². The lowest BCUT2D eigenvalue weighted by molar-refractivity contribution is -0.148. The molecule has 0 saturated carbocycles. The number of carbonyl (C=O) groups is 2. The first kappa shape index (κ1) is 17.2. The Kier molecular flexibility index (Phi) is 9.77. The van der Waals surface area contributed by atoms with Crippen LogP contribution in [0.15, 0.2) is 0 Å². The highest BCUT2D eigenvalue weighted by molar-refractivity contribution is 7.98. The van der Waals surface area contributed by atoms with Gasteiger partial charge in [-0.3, -0.25) is 4.79 Å². The summed E-state index contributed by atoms with van der Waals surface area (Å²) < 4.78 is 10.2. The van der Waals surface area contributed by atoms with E-state index in [0.29, 0.717) is 19.4 Å². The van der Waals surface area contributed by atoms with E-state index < -0.39 is 6.04 Å². The number of esters is 1. The molecule has 0 aromatic rings. The molecule has 0 aliphatic rings. The smallest absolute Gasteiger partial charge is 0.328 e. The third kappa shape index (κ3) is 8.36. The minimum atomic E-state index is -0.548. The minimum Gasteiger partial charge on any atom is -0.464 e. The van der Waals surface area contributed by atoms with Gasteiger partial charge < -0.3 is 14.8 Å². The average molecular weight is 277 g/mol. The van der Waals surface area contributed by atoms with Crippen molar-refractivity contribution < 1.29 is 19.1 Å². The predicted molar refractivity (Wildman–Crippen MR) is 72.7 cm³/mol. The van der Waals surface area contributed by atoms with Crippen molar-refractivity contribution in [3.05, 3.63) is 0 Å². The summed E-state index contributed by atoms with van der Waals surface area (Å²) in [5.74, 6) is 0.208. The van der Waals surface area contributed by atoms with Crippen LogP contribution in [0.3, 0.4) is 0 Å². The number of carbonyl (C=O) groups excluding carboxylic acids is 2. The van der Waals surface area contributed by atoms with Gasteiger partial charge in [0.1, 0.15) is 6.04 Å². The molecule has 0 spiro atoms. The Bertz CT molecular complexity index is 260. The van der Waals surface area contributed by atoms with Gasteiger partial charge in [0.15, 0.2) is 0 Å². The molecule has 0 aromatic heterocycles. The Hall–Kier alpha value is -0.750. The number of hydrogen-bond acceptors (Lipinski definition) is 5. The lowest BCUT2D eigenvalue weighted by atomic mass is 10.2. The van der Waals surface area contributed by atoms with Gasteiger partial charge in [-0.15, -0.1) is 0 Å². The summed E-state index contributed by atoms with van der Waals surface area (Å²) in [6.07, 6.45) is 3.25. The Labute approximate surface area is 113 Å². The highest BCUT2D eigenvalue weighted by Gasteiger charge is 2.20. The monoisotopic (exact) mass is 277 g/mol. The maximum Gasteiger partial charge on any atom is 0.328 e. The molecule has 0 fully saturated rings. The van der Waals surface area contributed by atoms with E-state index in [1.165, 1.54) is 6.92 Å². The van der Waals surface area contributed by atoms with Crippen molar-refractivity contribution in [2.75, 3.05) is 25.7 Å². The first-order chi connectivity index (χ1) is 8.51. The highest BCUT2D eigenvalue weighted by Crippen LogP contribution is 2.04. The van der Waals surface area contributed by atoms with Gasteiger partial charge in [0.2, 0.25) is 5.91 Å². The summed E-state index contributed by atoms with van der Waals surface area (Å²) in [6, 6.07) is -0.548. The van der Waals surface area contributed by atoms with E-state index in [1.54, 1.807) is 18.9 Å². The van der Waals surface area contributed by atoms with Crippen LogP contribution >= 0.6 is 11.8 Å². The second-order valence-corrected chi connectivity index (χ2v) is 5.02. The number of rotatable bonds is 9. The molecule has 0 aromatic carbocycles. The van der Waals surface area contributed by atoms with Gasteiger partial charge in [0, 0.05) is 20.5 Å². The van der Waals surface area contributed by atoms with Gasteiger partial charge >= 0.3 is 5.97 Å². The van der Waals surface area contributed by atoms with Crippen LogP contribution in [0.25, 0.3) is 0 Å². The Balaban J connectivity index is 4.07. The average Bonchev–Trinajstić information content (AvgIpc) is 2.33. The molecule has 1 amide bonds. The zero-order valence-corrected chi connectivity index (χ0v) is 12.3. The van der Waals surface area contributed by atoms with E-state index in [1.807, 2.05) is 13.2 Å². The maximum absolute atomic E-state index is 11.8. The lowest BCUT2D eigenvalue weighted by Gasteiger charge is -2.17. The summed E-state index contributed by atoms with van der Waals surface area (Å²) in [6.45, 7) is 3.61. The van der Waals surface area contributed by atoms with Crippen molar-refractivity contribution in [1.29, 1.82) is 0 Å². The van der Waals surface area contributed by atoms with Gasteiger partial charge in [-0.05, 0) is 25.4 Å². The van der Waals surface area contributed by atoms with E-state index in [4.69, 9.17) is 9.47 Å². The second kappa shape index (κ2) is 10.2. The molecule has 6 heteroatoms. The number of thioether (sulfide) groups is 1. The molecule has 5 nitrogen and oxygen atoms in total. The van der Waals surface area contributed by atoms with Gasteiger partial charge in [-0.2, -0.15) is 11.8 Å². The number of methoxy groups -OCH3 is 1. The Morgan fingerprint density at radius 1 is 1.33 bits per heavy atom. The highest BCUT2D eigenvalue weighted by atomic mass is 32.2. The zero-order valence-electron chi connectivity index (χ0n) is 11.5. The molecule has 0 saturated heterocycles. The normalized spacial score (nSPS) is 13.8. The molecule has 1 unspecified atom stereocenters. The minimum absolute atomic E-state index is 0.0585. The molecular weight excluding hydrogens is 254 g/mol. The molecule has 0 heterocycles. The lowest BCUT2D eigenvalue weighted by Crippen LogP contribution is -2.41. The van der Waals surface area contributed by atoms with Gasteiger partial charge in [-0.1, -0.05) is 0 Å². The Morgan fingerprint density at radius 3 is 2.50 bits per heavy atom. The van der Waals surface area contributed by atoms with Crippen molar-refractivity contribution in [2.24, 2.45) is 0 Å². The first-order valence-electron chi connectivity index (χ1n) is 5.96. The summed E-state index contributed by atoms with van der Waals surface area (Å²) in [4.78, 5) is 22.8. The molecule has 1 N–H and O–H groups in total. The van der Waals surface area contributed by atoms with Crippen LogP contribution in [0.4, 0.5) is 0 Å². The maximum atomic E-state index is 11.8. The quantitative estimate of drug-likeness (QED) is 0.642. The van der Waals surface area contributed by atoms with E-state index >= 15 is 0 Å². The summed E-state index contributed by atoms with van der Waals surface area (Å²) in [5, 5.41) is 2.61. The Morgan fingerprint density at radius 2 is 2.00 bits per heavy atom. The van der Waals surface area contributed by atoms with E-state index in [9.17, 15) is 9.59 Å². The fraction of sp³-hybridized carbons (Fsp3) is 0.833. The molecule has 106 valence electrons. The van der Waals surface area contributed by atoms with Crippen LogP contribution < -0.4 is 5.32 Å². The van der Waals surface area contributed by atoms with Gasteiger partial charge in [0.25, 0.3) is 0 Å². The van der Waals surface area contributed by atoms with Crippen LogP contribution in [0.1, 0.15) is 26.7 Å². The number of nitrogens with one attached hydrogen (secondary N) is 1. The second-order valence-electron chi connectivity index (χ2n) is 4.04. The third-order valence-corrected chi connectivity index (χ3v) is 3.09.